The molecule has 2 fully saturated rings. The summed E-state index contributed by atoms with van der Waals surface area (Å²) in [5, 5.41) is 8.93. The summed E-state index contributed by atoms with van der Waals surface area (Å²) in [5.74, 6) is 1.15. The van der Waals surface area contributed by atoms with Gasteiger partial charge in [0.25, 0.3) is 0 Å². The minimum absolute atomic E-state index is 0.0319. The minimum Gasteiger partial charge on any atom is -0.289 e. The number of carbonyl (C=O) groups is 1. The fourth-order valence-electron chi connectivity index (χ4n) is 3.96. The molecule has 0 aliphatic heterocycles. The van der Waals surface area contributed by atoms with Gasteiger partial charge in [0.2, 0.25) is 5.91 Å². The average Bonchev–Trinajstić information content (AvgIpc) is 3.24. The second kappa shape index (κ2) is 5.33. The highest BCUT2D eigenvalue weighted by molar-refractivity contribution is 5.82. The van der Waals surface area contributed by atoms with Crippen molar-refractivity contribution in [1.29, 1.82) is 0 Å². The first kappa shape index (κ1) is 12.7. The summed E-state index contributed by atoms with van der Waals surface area (Å²) < 4.78 is 0. The fourth-order valence-corrected chi connectivity index (χ4v) is 3.96. The highest BCUT2D eigenvalue weighted by atomic mass is 16.5. The second-order valence-corrected chi connectivity index (χ2v) is 5.91. The Morgan fingerprint density at radius 2 is 1.79 bits per heavy atom. The van der Waals surface area contributed by atoms with Gasteiger partial charge in [0.05, 0.1) is 5.92 Å². The lowest BCUT2D eigenvalue weighted by Crippen LogP contribution is -2.23. The van der Waals surface area contributed by atoms with Gasteiger partial charge in [-0.2, -0.15) is 0 Å². The molecule has 0 aromatic heterocycles. The zero-order valence-corrected chi connectivity index (χ0v) is 11.1. The Morgan fingerprint density at radius 1 is 1.11 bits per heavy atom. The predicted molar refractivity (Wildman–Crippen MR) is 72.7 cm³/mol. The molecule has 0 unspecified atom stereocenters. The molecule has 1 amide bonds. The van der Waals surface area contributed by atoms with E-state index in [0.29, 0.717) is 17.8 Å². The first-order valence-electron chi connectivity index (χ1n) is 7.32. The maximum atomic E-state index is 11.8. The summed E-state index contributed by atoms with van der Waals surface area (Å²) >= 11 is 0. The Balaban J connectivity index is 1.79. The summed E-state index contributed by atoms with van der Waals surface area (Å²) in [6, 6.07) is 10.3. The molecule has 0 spiro atoms. The number of amides is 1. The van der Waals surface area contributed by atoms with E-state index in [1.54, 1.807) is 0 Å². The standard InChI is InChI=1S/C16H21NO2/c18-16(17-19)15-13(11-7-3-1-4-8-11)14(15)12-9-5-2-6-10-12/h1,3-4,7-8,12-15,19H,2,5-6,9-10H2,(H,17,18)/t13-,14-,15+/m1/s1. The molecule has 0 bridgehead atoms. The number of rotatable bonds is 3. The van der Waals surface area contributed by atoms with E-state index in [2.05, 4.69) is 12.1 Å². The zero-order valence-electron chi connectivity index (χ0n) is 11.1. The van der Waals surface area contributed by atoms with Gasteiger partial charge >= 0.3 is 0 Å². The van der Waals surface area contributed by atoms with Gasteiger partial charge in [0.1, 0.15) is 0 Å². The molecule has 3 heteroatoms. The zero-order chi connectivity index (χ0) is 13.2. The fraction of sp³-hybridized carbons (Fsp3) is 0.562. The largest absolute Gasteiger partial charge is 0.289 e. The normalized spacial score (nSPS) is 30.9. The van der Waals surface area contributed by atoms with Crippen LogP contribution in [0.1, 0.15) is 43.6 Å². The predicted octanol–water partition coefficient (Wildman–Crippen LogP) is 3.10. The SMILES string of the molecule is O=C(NO)[C@H]1[C@H](c2ccccc2)[C@H]1C1CCCCC1. The lowest BCUT2D eigenvalue weighted by Gasteiger charge is -2.22. The van der Waals surface area contributed by atoms with Gasteiger partial charge in [-0.1, -0.05) is 62.4 Å². The minimum atomic E-state index is -0.204. The second-order valence-electron chi connectivity index (χ2n) is 5.91. The number of hydrogen-bond donors (Lipinski definition) is 2. The lowest BCUT2D eigenvalue weighted by atomic mass is 9.84. The molecule has 3 rings (SSSR count). The van der Waals surface area contributed by atoms with Crippen LogP contribution in [0.15, 0.2) is 30.3 Å². The Hall–Kier alpha value is -1.35. The average molecular weight is 259 g/mol. The molecule has 2 aliphatic carbocycles. The van der Waals surface area contributed by atoms with Crippen molar-refractivity contribution in [1.82, 2.24) is 5.48 Å². The number of carbonyl (C=O) groups excluding carboxylic acids is 1. The molecule has 0 saturated heterocycles. The van der Waals surface area contributed by atoms with Crippen LogP contribution in [-0.4, -0.2) is 11.1 Å². The van der Waals surface area contributed by atoms with E-state index in [1.807, 2.05) is 23.7 Å². The van der Waals surface area contributed by atoms with Crippen LogP contribution in [0.3, 0.4) is 0 Å². The van der Waals surface area contributed by atoms with Gasteiger partial charge in [0.15, 0.2) is 0 Å². The molecule has 0 radical (unpaired) electrons. The van der Waals surface area contributed by atoms with Crippen molar-refractivity contribution >= 4 is 5.91 Å². The van der Waals surface area contributed by atoms with Crippen molar-refractivity contribution in [2.45, 2.75) is 38.0 Å². The van der Waals surface area contributed by atoms with E-state index in [9.17, 15) is 4.79 Å². The number of benzene rings is 1. The van der Waals surface area contributed by atoms with Crippen LogP contribution in [0, 0.1) is 17.8 Å². The van der Waals surface area contributed by atoms with Crippen molar-refractivity contribution in [3.05, 3.63) is 35.9 Å². The van der Waals surface area contributed by atoms with Crippen molar-refractivity contribution in [2.24, 2.45) is 17.8 Å². The molecule has 1 aromatic carbocycles. The van der Waals surface area contributed by atoms with Crippen LogP contribution in [0.4, 0.5) is 0 Å². The van der Waals surface area contributed by atoms with Crippen LogP contribution >= 0.6 is 0 Å². The quantitative estimate of drug-likeness (QED) is 0.647. The molecule has 3 nitrogen and oxygen atoms in total. The van der Waals surface area contributed by atoms with Crippen LogP contribution in [0.2, 0.25) is 0 Å². The summed E-state index contributed by atoms with van der Waals surface area (Å²) in [4.78, 5) is 11.8. The Bertz CT molecular complexity index is 439. The Morgan fingerprint density at radius 3 is 2.42 bits per heavy atom. The van der Waals surface area contributed by atoms with E-state index in [-0.39, 0.29) is 11.8 Å². The molecule has 3 atom stereocenters. The van der Waals surface area contributed by atoms with Crippen molar-refractivity contribution in [2.75, 3.05) is 0 Å². The van der Waals surface area contributed by atoms with Gasteiger partial charge in [-0.05, 0) is 23.3 Å². The van der Waals surface area contributed by atoms with E-state index in [1.165, 1.54) is 37.7 Å². The van der Waals surface area contributed by atoms with Gasteiger partial charge in [-0.3, -0.25) is 10.0 Å². The third-order valence-electron chi connectivity index (χ3n) is 4.87. The van der Waals surface area contributed by atoms with Gasteiger partial charge in [0, 0.05) is 0 Å². The molecule has 1 aromatic rings. The third-order valence-corrected chi connectivity index (χ3v) is 4.87. The summed E-state index contributed by atoms with van der Waals surface area (Å²) in [7, 11) is 0. The van der Waals surface area contributed by atoms with Crippen molar-refractivity contribution in [3.63, 3.8) is 0 Å². The molecule has 2 aliphatic rings. The Kier molecular flexibility index (Phi) is 3.56. The van der Waals surface area contributed by atoms with Crippen LogP contribution in [-0.2, 0) is 4.79 Å². The van der Waals surface area contributed by atoms with Crippen molar-refractivity contribution < 1.29 is 10.0 Å². The molecule has 2 saturated carbocycles. The first-order chi connectivity index (χ1) is 9.33. The van der Waals surface area contributed by atoms with Crippen LogP contribution in [0.25, 0.3) is 0 Å². The maximum Gasteiger partial charge on any atom is 0.247 e. The molecule has 0 heterocycles. The van der Waals surface area contributed by atoms with Crippen LogP contribution in [0.5, 0.6) is 0 Å². The topological polar surface area (TPSA) is 49.3 Å². The molecule has 19 heavy (non-hydrogen) atoms. The molecule has 2 N–H and O–H groups in total. The molecular formula is C16H21NO2. The third kappa shape index (κ3) is 2.39. The van der Waals surface area contributed by atoms with Crippen LogP contribution < -0.4 is 5.48 Å². The van der Waals surface area contributed by atoms with Crippen molar-refractivity contribution in [3.8, 4) is 0 Å². The number of hydroxylamine groups is 1. The lowest BCUT2D eigenvalue weighted by molar-refractivity contribution is -0.131. The van der Waals surface area contributed by atoms with E-state index in [4.69, 9.17) is 5.21 Å². The maximum absolute atomic E-state index is 11.8. The first-order valence-corrected chi connectivity index (χ1v) is 7.32. The van der Waals surface area contributed by atoms with Gasteiger partial charge in [-0.15, -0.1) is 0 Å². The Labute approximate surface area is 114 Å². The number of nitrogens with one attached hydrogen (secondary N) is 1. The molecular weight excluding hydrogens is 238 g/mol. The monoisotopic (exact) mass is 259 g/mol. The summed E-state index contributed by atoms with van der Waals surface area (Å²) in [5.41, 5.74) is 3.10. The van der Waals surface area contributed by atoms with Gasteiger partial charge < -0.3 is 0 Å². The van der Waals surface area contributed by atoms with E-state index >= 15 is 0 Å². The van der Waals surface area contributed by atoms with Gasteiger partial charge in [-0.25, -0.2) is 5.48 Å². The highest BCUT2D eigenvalue weighted by Gasteiger charge is 2.58. The highest BCUT2D eigenvalue weighted by Crippen LogP contribution is 2.60. The van der Waals surface area contributed by atoms with E-state index < -0.39 is 0 Å². The number of hydrogen-bond acceptors (Lipinski definition) is 2. The van der Waals surface area contributed by atoms with E-state index in [0.717, 1.165) is 0 Å². The smallest absolute Gasteiger partial charge is 0.247 e. The summed E-state index contributed by atoms with van der Waals surface area (Å²) in [6.07, 6.45) is 6.38. The molecule has 102 valence electrons. The summed E-state index contributed by atoms with van der Waals surface area (Å²) in [6.45, 7) is 0.